The first kappa shape index (κ1) is 22.6. The topological polar surface area (TPSA) is 13.0 Å². The zero-order valence-corrected chi connectivity index (χ0v) is 19.1. The third-order valence-electron chi connectivity index (χ3n) is 4.43. The van der Waals surface area contributed by atoms with E-state index in [2.05, 4.69) is 112 Å². The predicted molar refractivity (Wildman–Crippen MR) is 121 cm³/mol. The molecule has 0 unspecified atom stereocenters. The van der Waals surface area contributed by atoms with E-state index in [4.69, 9.17) is 0 Å². The van der Waals surface area contributed by atoms with Crippen molar-refractivity contribution in [1.82, 2.24) is 19.6 Å². The quantitative estimate of drug-likeness (QED) is 0.657. The van der Waals surface area contributed by atoms with Crippen LogP contribution in [-0.4, -0.2) is 76.0 Å². The Hall–Kier alpha value is -1.72. The molecule has 4 nitrogen and oxygen atoms in total. The van der Waals surface area contributed by atoms with Crippen LogP contribution in [0.3, 0.4) is 0 Å². The monoisotopic (exact) mass is 382 g/mol. The summed E-state index contributed by atoms with van der Waals surface area (Å²) in [5, 5.41) is 0. The highest BCUT2D eigenvalue weighted by molar-refractivity contribution is 5.67. The van der Waals surface area contributed by atoms with Crippen molar-refractivity contribution < 1.29 is 0 Å². The van der Waals surface area contributed by atoms with Gasteiger partial charge in [0.1, 0.15) is 0 Å². The first-order valence-corrected chi connectivity index (χ1v) is 9.97. The second-order valence-corrected chi connectivity index (χ2v) is 9.03. The van der Waals surface area contributed by atoms with Gasteiger partial charge in [-0.3, -0.25) is 0 Å². The van der Waals surface area contributed by atoms with Crippen molar-refractivity contribution in [3.8, 4) is 11.1 Å². The average Bonchev–Trinajstić information content (AvgIpc) is 2.51. The van der Waals surface area contributed by atoms with Crippen molar-refractivity contribution in [3.63, 3.8) is 0 Å². The number of hydrogen-bond donors (Lipinski definition) is 0. The third kappa shape index (κ3) is 7.36. The molecular weight excluding hydrogens is 344 g/mol. The Kier molecular flexibility index (Phi) is 8.20. The van der Waals surface area contributed by atoms with Crippen molar-refractivity contribution >= 4 is 0 Å². The maximum atomic E-state index is 2.35. The Morgan fingerprint density at radius 1 is 0.393 bits per heavy atom. The Morgan fingerprint density at radius 3 is 0.786 bits per heavy atom. The Bertz CT molecular complexity index is 641. The van der Waals surface area contributed by atoms with Crippen LogP contribution >= 0.6 is 0 Å². The van der Waals surface area contributed by atoms with Crippen LogP contribution in [0.25, 0.3) is 11.1 Å². The Balaban J connectivity index is 2.53. The molecule has 28 heavy (non-hydrogen) atoms. The zero-order chi connectivity index (χ0) is 20.8. The molecule has 0 aliphatic carbocycles. The molecule has 0 spiro atoms. The molecule has 0 aliphatic rings. The average molecular weight is 383 g/mol. The minimum Gasteiger partial charge on any atom is -0.305 e. The Labute approximate surface area is 172 Å². The number of nitrogens with zero attached hydrogens (tertiary/aromatic N) is 4. The number of benzene rings is 2. The van der Waals surface area contributed by atoms with E-state index in [0.29, 0.717) is 0 Å². The molecule has 0 saturated heterocycles. The smallest absolute Gasteiger partial charge is 0.0227 e. The minimum absolute atomic E-state index is 0.955. The molecule has 2 aromatic carbocycles. The van der Waals surface area contributed by atoms with Gasteiger partial charge in [0.05, 0.1) is 0 Å². The van der Waals surface area contributed by atoms with Gasteiger partial charge in [-0.25, -0.2) is 0 Å². The van der Waals surface area contributed by atoms with Crippen molar-refractivity contribution in [3.05, 3.63) is 58.7 Å². The lowest BCUT2D eigenvalue weighted by atomic mass is 9.95. The van der Waals surface area contributed by atoms with Crippen LogP contribution in [0.2, 0.25) is 0 Å². The molecule has 154 valence electrons. The molecule has 0 N–H and O–H groups in total. The third-order valence-corrected chi connectivity index (χ3v) is 4.43. The van der Waals surface area contributed by atoms with Crippen LogP contribution in [0.15, 0.2) is 36.4 Å². The van der Waals surface area contributed by atoms with E-state index in [1.165, 1.54) is 33.4 Å². The second kappa shape index (κ2) is 10.2. The highest BCUT2D eigenvalue weighted by atomic mass is 15.1. The molecule has 0 amide bonds. The maximum absolute atomic E-state index is 2.35. The first-order valence-electron chi connectivity index (χ1n) is 9.97. The first-order chi connectivity index (χ1) is 13.1. The molecule has 0 saturated carbocycles. The van der Waals surface area contributed by atoms with Gasteiger partial charge in [-0.15, -0.1) is 0 Å². The van der Waals surface area contributed by atoms with Gasteiger partial charge in [-0.1, -0.05) is 12.1 Å². The van der Waals surface area contributed by atoms with Crippen LogP contribution in [0.5, 0.6) is 0 Å². The van der Waals surface area contributed by atoms with E-state index in [1.54, 1.807) is 0 Å². The van der Waals surface area contributed by atoms with Crippen molar-refractivity contribution in [2.45, 2.75) is 26.2 Å². The van der Waals surface area contributed by atoms with E-state index >= 15 is 0 Å². The van der Waals surface area contributed by atoms with Gasteiger partial charge in [-0.2, -0.15) is 0 Å². The van der Waals surface area contributed by atoms with Crippen LogP contribution in [0.1, 0.15) is 22.3 Å². The molecule has 0 bridgehead atoms. The summed E-state index contributed by atoms with van der Waals surface area (Å²) in [6.07, 6.45) is 0. The van der Waals surface area contributed by atoms with E-state index in [9.17, 15) is 0 Å². The predicted octanol–water partition coefficient (Wildman–Crippen LogP) is 3.60. The lowest BCUT2D eigenvalue weighted by Gasteiger charge is -2.18. The van der Waals surface area contributed by atoms with Crippen LogP contribution in [-0.2, 0) is 26.2 Å². The van der Waals surface area contributed by atoms with Gasteiger partial charge in [0.2, 0.25) is 0 Å². The fourth-order valence-corrected chi connectivity index (χ4v) is 3.68. The SMILES string of the molecule is CN(C)Cc1cc(CN(C)C)cc(-c2cc(CN(C)C)cc(CN(C)C)c2)c1. The van der Waals surface area contributed by atoms with Crippen LogP contribution in [0, 0.1) is 0 Å². The largest absolute Gasteiger partial charge is 0.305 e. The normalized spacial score (nSPS) is 12.0. The summed E-state index contributed by atoms with van der Waals surface area (Å²) in [6.45, 7) is 3.82. The number of rotatable bonds is 9. The van der Waals surface area contributed by atoms with E-state index in [-0.39, 0.29) is 0 Å². The highest BCUT2D eigenvalue weighted by Gasteiger charge is 2.09. The minimum atomic E-state index is 0.955. The summed E-state index contributed by atoms with van der Waals surface area (Å²) in [5.74, 6) is 0. The van der Waals surface area contributed by atoms with E-state index < -0.39 is 0 Å². The summed E-state index contributed by atoms with van der Waals surface area (Å²) < 4.78 is 0. The fraction of sp³-hybridized carbons (Fsp3) is 0.500. The highest BCUT2D eigenvalue weighted by Crippen LogP contribution is 2.27. The Morgan fingerprint density at radius 2 is 0.607 bits per heavy atom. The van der Waals surface area contributed by atoms with E-state index in [0.717, 1.165) is 26.2 Å². The molecular formula is C24H38N4. The van der Waals surface area contributed by atoms with Gasteiger partial charge in [0.25, 0.3) is 0 Å². The van der Waals surface area contributed by atoms with Crippen molar-refractivity contribution in [2.75, 3.05) is 56.4 Å². The summed E-state index contributed by atoms with van der Waals surface area (Å²) in [7, 11) is 17.0. The van der Waals surface area contributed by atoms with Crippen molar-refractivity contribution in [1.29, 1.82) is 0 Å². The molecule has 0 atom stereocenters. The van der Waals surface area contributed by atoms with Crippen LogP contribution < -0.4 is 0 Å². The van der Waals surface area contributed by atoms with Gasteiger partial charge >= 0.3 is 0 Å². The van der Waals surface area contributed by atoms with Gasteiger partial charge in [0.15, 0.2) is 0 Å². The standard InChI is InChI=1S/C24H38N4/c1-25(2)15-19-9-20(16-26(3)4)12-23(11-19)24-13-21(17-27(5)6)10-22(14-24)18-28(7)8/h9-14H,15-18H2,1-8H3. The summed E-state index contributed by atoms with van der Waals surface area (Å²) >= 11 is 0. The zero-order valence-electron chi connectivity index (χ0n) is 19.1. The molecule has 4 heteroatoms. The van der Waals surface area contributed by atoms with Gasteiger partial charge in [-0.05, 0) is 114 Å². The summed E-state index contributed by atoms with van der Waals surface area (Å²) in [6, 6.07) is 14.1. The number of hydrogen-bond acceptors (Lipinski definition) is 4. The molecule has 0 fully saturated rings. The van der Waals surface area contributed by atoms with Crippen molar-refractivity contribution in [2.24, 2.45) is 0 Å². The molecule has 2 rings (SSSR count). The van der Waals surface area contributed by atoms with E-state index in [1.807, 2.05) is 0 Å². The molecule has 0 radical (unpaired) electrons. The summed E-state index contributed by atoms with van der Waals surface area (Å²) in [5.41, 5.74) is 8.10. The van der Waals surface area contributed by atoms with Crippen LogP contribution in [0.4, 0.5) is 0 Å². The van der Waals surface area contributed by atoms with Gasteiger partial charge in [0, 0.05) is 26.2 Å². The summed E-state index contributed by atoms with van der Waals surface area (Å²) in [4.78, 5) is 8.94. The fourth-order valence-electron chi connectivity index (χ4n) is 3.68. The maximum Gasteiger partial charge on any atom is 0.0227 e. The molecule has 0 aromatic heterocycles. The molecule has 0 heterocycles. The second-order valence-electron chi connectivity index (χ2n) is 9.03. The van der Waals surface area contributed by atoms with Gasteiger partial charge < -0.3 is 19.6 Å². The molecule has 2 aromatic rings. The molecule has 0 aliphatic heterocycles. The lowest BCUT2D eigenvalue weighted by Crippen LogP contribution is -2.14. The lowest BCUT2D eigenvalue weighted by molar-refractivity contribution is 0.395.